The van der Waals surface area contributed by atoms with Crippen LogP contribution in [0.5, 0.6) is 5.75 Å². The fourth-order valence-corrected chi connectivity index (χ4v) is 3.96. The van der Waals surface area contributed by atoms with Crippen LogP contribution in [0.3, 0.4) is 0 Å². The molecule has 0 bridgehead atoms. The number of hydrogen-bond acceptors (Lipinski definition) is 4. The lowest BCUT2D eigenvalue weighted by Crippen LogP contribution is -2.17. The van der Waals surface area contributed by atoms with Crippen molar-refractivity contribution in [1.82, 2.24) is 4.31 Å². The Morgan fingerprint density at radius 2 is 1.79 bits per heavy atom. The molecule has 2 rings (SSSR count). The molecule has 0 aromatic heterocycles. The highest BCUT2D eigenvalue weighted by atomic mass is 35.5. The highest BCUT2D eigenvalue weighted by Crippen LogP contribution is 2.26. The van der Waals surface area contributed by atoms with Gasteiger partial charge in [-0.15, -0.1) is 0 Å². The molecule has 0 fully saturated rings. The fourth-order valence-electron chi connectivity index (χ4n) is 2.64. The zero-order valence-corrected chi connectivity index (χ0v) is 18.6. The summed E-state index contributed by atoms with van der Waals surface area (Å²) in [6.07, 6.45) is 2.22. The Bertz CT molecular complexity index is 899. The summed E-state index contributed by atoms with van der Waals surface area (Å²) in [6, 6.07) is 11.3. The summed E-state index contributed by atoms with van der Waals surface area (Å²) in [5.41, 5.74) is 2.57. The number of rotatable bonds is 9. The van der Waals surface area contributed by atoms with Crippen molar-refractivity contribution in [3.8, 4) is 17.6 Å². The average Bonchev–Trinajstić information content (AvgIpc) is 2.68. The third kappa shape index (κ3) is 7.66. The molecule has 0 atom stereocenters. The van der Waals surface area contributed by atoms with Crippen molar-refractivity contribution in [2.45, 2.75) is 38.5 Å². The van der Waals surface area contributed by atoms with Gasteiger partial charge in [0, 0.05) is 28.6 Å². The first-order valence-electron chi connectivity index (χ1n) is 9.62. The van der Waals surface area contributed by atoms with Gasteiger partial charge in [-0.2, -0.15) is 0 Å². The number of benzene rings is 2. The molecule has 0 saturated carbocycles. The van der Waals surface area contributed by atoms with E-state index in [0.717, 1.165) is 42.0 Å². The van der Waals surface area contributed by atoms with Crippen molar-refractivity contribution in [1.29, 1.82) is 0 Å². The maximum atomic E-state index is 10.8. The van der Waals surface area contributed by atoms with Crippen LogP contribution in [0, 0.1) is 18.8 Å². The van der Waals surface area contributed by atoms with Gasteiger partial charge in [0.2, 0.25) is 0 Å². The number of nitrogens with zero attached hydrogens (tertiary/aromatic N) is 1. The number of hydrogen-bond donors (Lipinski definition) is 1. The molecule has 154 valence electrons. The minimum atomic E-state index is -1.04. The fraction of sp³-hybridized carbons (Fsp3) is 0.348. The van der Waals surface area contributed by atoms with Crippen molar-refractivity contribution >= 4 is 29.5 Å². The van der Waals surface area contributed by atoms with E-state index in [1.54, 1.807) is 30.1 Å². The molecule has 29 heavy (non-hydrogen) atoms. The number of carbonyl (C=O) groups is 1. The predicted octanol–water partition coefficient (Wildman–Crippen LogP) is 5.64. The second-order valence-electron chi connectivity index (χ2n) is 6.57. The molecule has 0 heterocycles. The summed E-state index contributed by atoms with van der Waals surface area (Å²) in [5, 5.41) is 9.37. The second-order valence-corrected chi connectivity index (χ2v) is 8.18. The summed E-state index contributed by atoms with van der Waals surface area (Å²) in [4.78, 5) is 11.9. The first kappa shape index (κ1) is 23.2. The van der Waals surface area contributed by atoms with Crippen molar-refractivity contribution in [2.24, 2.45) is 0 Å². The lowest BCUT2D eigenvalue weighted by atomic mass is 10.1. The van der Waals surface area contributed by atoms with E-state index in [1.807, 2.05) is 6.92 Å². The second kappa shape index (κ2) is 11.8. The van der Waals surface area contributed by atoms with Gasteiger partial charge in [0.15, 0.2) is 6.61 Å². The van der Waals surface area contributed by atoms with Gasteiger partial charge >= 0.3 is 5.97 Å². The highest BCUT2D eigenvalue weighted by Gasteiger charge is 2.08. The molecule has 0 saturated heterocycles. The normalized spacial score (nSPS) is 10.5. The smallest absolute Gasteiger partial charge is 0.341 e. The predicted molar refractivity (Wildman–Crippen MR) is 120 cm³/mol. The molecule has 1 N–H and O–H groups in total. The maximum Gasteiger partial charge on any atom is 0.341 e. The van der Waals surface area contributed by atoms with E-state index < -0.39 is 12.6 Å². The van der Waals surface area contributed by atoms with Crippen molar-refractivity contribution in [3.05, 3.63) is 58.1 Å². The average molecular weight is 432 g/mol. The van der Waals surface area contributed by atoms with Gasteiger partial charge in [-0.3, -0.25) is 0 Å². The lowest BCUT2D eigenvalue weighted by molar-refractivity contribution is -0.139. The third-order valence-electron chi connectivity index (χ3n) is 4.01. The topological polar surface area (TPSA) is 49.8 Å². The summed E-state index contributed by atoms with van der Waals surface area (Å²) >= 11 is 7.84. The molecule has 0 radical (unpaired) electrons. The summed E-state index contributed by atoms with van der Waals surface area (Å²) in [7, 11) is 0. The first-order valence-corrected chi connectivity index (χ1v) is 10.8. The van der Waals surface area contributed by atoms with Gasteiger partial charge in [-0.25, -0.2) is 9.10 Å². The Balaban J connectivity index is 2.28. The Morgan fingerprint density at radius 3 is 2.45 bits per heavy atom. The summed E-state index contributed by atoms with van der Waals surface area (Å²) in [5.74, 6) is 5.65. The maximum absolute atomic E-state index is 10.8. The van der Waals surface area contributed by atoms with Crippen LogP contribution in [0.4, 0.5) is 0 Å². The Labute approximate surface area is 182 Å². The standard InChI is InChI=1S/C23H26ClNO3S/c1-4-12-25(13-5-2)29-21-10-6-17(3)18(15-21)7-8-19-14-20(24)9-11-22(19)28-16-23(26)27/h6,9-11,14-15H,4-5,12-13,16H2,1-3H3,(H,26,27). The van der Waals surface area contributed by atoms with Crippen LogP contribution in [-0.2, 0) is 4.79 Å². The monoisotopic (exact) mass is 431 g/mol. The molecule has 4 nitrogen and oxygen atoms in total. The molecule has 0 spiro atoms. The van der Waals surface area contributed by atoms with E-state index in [4.69, 9.17) is 21.4 Å². The van der Waals surface area contributed by atoms with Crippen LogP contribution >= 0.6 is 23.5 Å². The lowest BCUT2D eigenvalue weighted by Gasteiger charge is -2.19. The minimum absolute atomic E-state index is 0.407. The summed E-state index contributed by atoms with van der Waals surface area (Å²) < 4.78 is 7.70. The van der Waals surface area contributed by atoms with Gasteiger partial charge in [0.05, 0.1) is 5.56 Å². The van der Waals surface area contributed by atoms with Crippen molar-refractivity contribution < 1.29 is 14.6 Å². The molecule has 0 aliphatic carbocycles. The van der Waals surface area contributed by atoms with E-state index >= 15 is 0 Å². The molecule has 6 heteroatoms. The van der Waals surface area contributed by atoms with Crippen LogP contribution in [0.15, 0.2) is 41.3 Å². The number of aliphatic carboxylic acids is 1. The Hall–Kier alpha value is -2.13. The molecule has 0 aliphatic heterocycles. The summed E-state index contributed by atoms with van der Waals surface area (Å²) in [6.45, 7) is 8.05. The van der Waals surface area contributed by atoms with Gasteiger partial charge < -0.3 is 9.84 Å². The minimum Gasteiger partial charge on any atom is -0.481 e. The number of aryl methyl sites for hydroxylation is 1. The van der Waals surface area contributed by atoms with E-state index in [0.29, 0.717) is 16.3 Å². The van der Waals surface area contributed by atoms with Crippen LogP contribution in [0.1, 0.15) is 43.4 Å². The van der Waals surface area contributed by atoms with Crippen molar-refractivity contribution in [3.63, 3.8) is 0 Å². The van der Waals surface area contributed by atoms with Crippen LogP contribution < -0.4 is 4.74 Å². The quantitative estimate of drug-likeness (QED) is 0.411. The van der Waals surface area contributed by atoms with E-state index in [9.17, 15) is 4.79 Å². The number of halogens is 1. The van der Waals surface area contributed by atoms with Gasteiger partial charge in [0.1, 0.15) is 5.75 Å². The third-order valence-corrected chi connectivity index (χ3v) is 5.34. The first-order chi connectivity index (χ1) is 13.9. The largest absolute Gasteiger partial charge is 0.481 e. The molecule has 2 aromatic rings. The molecule has 0 amide bonds. The SMILES string of the molecule is CCCN(CCC)Sc1ccc(C)c(C#Cc2cc(Cl)ccc2OCC(=O)O)c1. The van der Waals surface area contributed by atoms with Gasteiger partial charge in [-0.05, 0) is 67.6 Å². The zero-order chi connectivity index (χ0) is 21.2. The molecular weight excluding hydrogens is 406 g/mol. The Morgan fingerprint density at radius 1 is 1.10 bits per heavy atom. The van der Waals surface area contributed by atoms with E-state index in [1.165, 1.54) is 0 Å². The molecular formula is C23H26ClNO3S. The van der Waals surface area contributed by atoms with Gasteiger partial charge in [0.25, 0.3) is 0 Å². The van der Waals surface area contributed by atoms with Crippen LogP contribution in [0.25, 0.3) is 0 Å². The molecule has 0 aliphatic rings. The zero-order valence-electron chi connectivity index (χ0n) is 17.0. The number of ether oxygens (including phenoxy) is 1. The number of carboxylic acid groups (broad SMARTS) is 1. The molecule has 0 unspecified atom stereocenters. The number of carboxylic acids is 1. The highest BCUT2D eigenvalue weighted by molar-refractivity contribution is 7.97. The molecule has 2 aromatic carbocycles. The van der Waals surface area contributed by atoms with Crippen molar-refractivity contribution in [2.75, 3.05) is 19.7 Å². The Kier molecular flexibility index (Phi) is 9.40. The van der Waals surface area contributed by atoms with Crippen LogP contribution in [0.2, 0.25) is 5.02 Å². The van der Waals surface area contributed by atoms with Gasteiger partial charge in [-0.1, -0.05) is 43.4 Å². The van der Waals surface area contributed by atoms with E-state index in [-0.39, 0.29) is 0 Å². The van der Waals surface area contributed by atoms with E-state index in [2.05, 4.69) is 48.2 Å². The van der Waals surface area contributed by atoms with Crippen LogP contribution in [-0.4, -0.2) is 35.1 Å².